The molecule has 1 aromatic rings. The van der Waals surface area contributed by atoms with Gasteiger partial charge in [0.25, 0.3) is 0 Å². The van der Waals surface area contributed by atoms with Crippen LogP contribution in [0.2, 0.25) is 0 Å². The van der Waals surface area contributed by atoms with E-state index in [4.69, 9.17) is 4.74 Å². The summed E-state index contributed by atoms with van der Waals surface area (Å²) in [4.78, 5) is 7.63. The van der Waals surface area contributed by atoms with Crippen molar-refractivity contribution in [3.63, 3.8) is 0 Å². The number of nitrogens with zero attached hydrogens (tertiary/aromatic N) is 3. The number of piperazine rings is 1. The Labute approximate surface area is 153 Å². The number of likely N-dealkylation sites (N-methyl/N-ethyl adjacent to an activating group) is 1. The van der Waals surface area contributed by atoms with Crippen LogP contribution in [0.25, 0.3) is 0 Å². The molecule has 0 N–H and O–H groups in total. The molecule has 0 unspecified atom stereocenters. The molecule has 0 saturated carbocycles. The van der Waals surface area contributed by atoms with E-state index in [1.807, 2.05) is 7.11 Å². The largest absolute Gasteiger partial charge is 0.384 e. The first-order valence-corrected chi connectivity index (χ1v) is 9.76. The second-order valence-corrected chi connectivity index (χ2v) is 8.13. The lowest BCUT2D eigenvalue weighted by Gasteiger charge is -2.33. The monoisotopic (exact) mass is 345 g/mol. The third kappa shape index (κ3) is 5.04. The molecule has 1 aromatic carbocycles. The Hall–Kier alpha value is -0.940. The van der Waals surface area contributed by atoms with Gasteiger partial charge in [-0.3, -0.25) is 9.80 Å². The Morgan fingerprint density at radius 1 is 0.920 bits per heavy atom. The highest BCUT2D eigenvalue weighted by Gasteiger charge is 2.23. The summed E-state index contributed by atoms with van der Waals surface area (Å²) in [6.45, 7) is 14.7. The van der Waals surface area contributed by atoms with Crippen molar-refractivity contribution >= 4 is 0 Å². The fourth-order valence-corrected chi connectivity index (χ4v) is 4.20. The number of hydrogen-bond acceptors (Lipinski definition) is 4. The van der Waals surface area contributed by atoms with Crippen LogP contribution in [0.5, 0.6) is 0 Å². The van der Waals surface area contributed by atoms with Crippen molar-refractivity contribution in [2.45, 2.75) is 33.4 Å². The summed E-state index contributed by atoms with van der Waals surface area (Å²) in [5, 5.41) is 0. The minimum atomic E-state index is 0.709. The molecular weight excluding hydrogens is 310 g/mol. The lowest BCUT2D eigenvalue weighted by atomic mass is 9.99. The van der Waals surface area contributed by atoms with E-state index in [1.54, 1.807) is 0 Å². The van der Waals surface area contributed by atoms with Gasteiger partial charge in [-0.05, 0) is 62.0 Å². The van der Waals surface area contributed by atoms with Crippen LogP contribution < -0.4 is 0 Å². The Balaban J connectivity index is 1.64. The first-order valence-electron chi connectivity index (χ1n) is 9.76. The van der Waals surface area contributed by atoms with E-state index in [9.17, 15) is 0 Å². The van der Waals surface area contributed by atoms with E-state index >= 15 is 0 Å². The van der Waals surface area contributed by atoms with E-state index in [0.717, 1.165) is 19.7 Å². The molecule has 0 radical (unpaired) electrons. The van der Waals surface area contributed by atoms with Gasteiger partial charge in [-0.2, -0.15) is 0 Å². The van der Waals surface area contributed by atoms with Crippen LogP contribution in [0, 0.1) is 19.8 Å². The summed E-state index contributed by atoms with van der Waals surface area (Å²) in [7, 11) is 4.04. The zero-order valence-corrected chi connectivity index (χ0v) is 16.6. The first kappa shape index (κ1) is 18.8. The SMILES string of the molecule is COC[C@@H]1CCN(Cc2cc(CN3CCN(C)CC3)c(C)cc2C)C1. The lowest BCUT2D eigenvalue weighted by molar-refractivity contribution is 0.148. The maximum absolute atomic E-state index is 5.34. The molecule has 0 bridgehead atoms. The van der Waals surface area contributed by atoms with Crippen LogP contribution in [0.1, 0.15) is 28.7 Å². The smallest absolute Gasteiger partial charge is 0.0503 e. The van der Waals surface area contributed by atoms with Gasteiger partial charge in [-0.15, -0.1) is 0 Å². The van der Waals surface area contributed by atoms with Gasteiger partial charge in [0.2, 0.25) is 0 Å². The summed E-state index contributed by atoms with van der Waals surface area (Å²) in [6.07, 6.45) is 1.27. The van der Waals surface area contributed by atoms with E-state index in [0.29, 0.717) is 5.92 Å². The van der Waals surface area contributed by atoms with Gasteiger partial charge < -0.3 is 9.64 Å². The maximum Gasteiger partial charge on any atom is 0.0503 e. The molecule has 0 spiro atoms. The highest BCUT2D eigenvalue weighted by Crippen LogP contribution is 2.23. The Bertz CT molecular complexity index is 567. The average molecular weight is 346 g/mol. The molecule has 0 aliphatic carbocycles. The molecule has 2 heterocycles. The van der Waals surface area contributed by atoms with Crippen LogP contribution in [0.4, 0.5) is 0 Å². The quantitative estimate of drug-likeness (QED) is 0.788. The molecule has 4 nitrogen and oxygen atoms in total. The number of benzene rings is 1. The molecule has 4 heteroatoms. The van der Waals surface area contributed by atoms with E-state index < -0.39 is 0 Å². The van der Waals surface area contributed by atoms with Crippen LogP contribution in [-0.4, -0.2) is 74.7 Å². The summed E-state index contributed by atoms with van der Waals surface area (Å²) >= 11 is 0. The zero-order chi connectivity index (χ0) is 17.8. The lowest BCUT2D eigenvalue weighted by Crippen LogP contribution is -2.44. The van der Waals surface area contributed by atoms with Gasteiger partial charge in [-0.25, -0.2) is 0 Å². The third-order valence-corrected chi connectivity index (χ3v) is 5.95. The fourth-order valence-electron chi connectivity index (χ4n) is 4.20. The van der Waals surface area contributed by atoms with Crippen molar-refractivity contribution in [2.75, 3.05) is 60.0 Å². The Morgan fingerprint density at radius 2 is 1.56 bits per heavy atom. The van der Waals surface area contributed by atoms with Crippen LogP contribution in [-0.2, 0) is 17.8 Å². The Kier molecular flexibility index (Phi) is 6.50. The molecule has 2 fully saturated rings. The van der Waals surface area contributed by atoms with E-state index in [1.165, 1.54) is 67.9 Å². The summed E-state index contributed by atoms with van der Waals surface area (Å²) < 4.78 is 5.34. The molecule has 25 heavy (non-hydrogen) atoms. The first-order chi connectivity index (χ1) is 12.0. The minimum absolute atomic E-state index is 0.709. The predicted octanol–water partition coefficient (Wildman–Crippen LogP) is 2.52. The number of ether oxygens (including phenoxy) is 1. The topological polar surface area (TPSA) is 19.0 Å². The predicted molar refractivity (Wildman–Crippen MR) is 104 cm³/mol. The summed E-state index contributed by atoms with van der Waals surface area (Å²) in [5.41, 5.74) is 5.90. The van der Waals surface area contributed by atoms with Crippen molar-refractivity contribution < 1.29 is 4.74 Å². The van der Waals surface area contributed by atoms with E-state index in [-0.39, 0.29) is 0 Å². The summed E-state index contributed by atoms with van der Waals surface area (Å²) in [5.74, 6) is 0.709. The number of likely N-dealkylation sites (tertiary alicyclic amines) is 1. The second kappa shape index (κ2) is 8.63. The standard InChI is InChI=1S/C21H35N3O/c1-17-11-18(2)21(15-24-6-5-19(13-24)16-25-4)12-20(17)14-23-9-7-22(3)8-10-23/h11-12,19H,5-10,13-16H2,1-4H3/t19-/m1/s1. The van der Waals surface area contributed by atoms with Crippen molar-refractivity contribution in [3.8, 4) is 0 Å². The van der Waals surface area contributed by atoms with Crippen molar-refractivity contribution in [2.24, 2.45) is 5.92 Å². The van der Waals surface area contributed by atoms with Gasteiger partial charge >= 0.3 is 0 Å². The van der Waals surface area contributed by atoms with Gasteiger partial charge in [0.05, 0.1) is 6.61 Å². The highest BCUT2D eigenvalue weighted by molar-refractivity contribution is 5.37. The van der Waals surface area contributed by atoms with Gasteiger partial charge in [0.15, 0.2) is 0 Å². The number of hydrogen-bond donors (Lipinski definition) is 0. The molecule has 2 aliphatic rings. The normalized spacial score (nSPS) is 23.4. The molecule has 2 saturated heterocycles. The van der Waals surface area contributed by atoms with Crippen LogP contribution in [0.15, 0.2) is 12.1 Å². The minimum Gasteiger partial charge on any atom is -0.384 e. The third-order valence-electron chi connectivity index (χ3n) is 5.95. The van der Waals surface area contributed by atoms with Crippen molar-refractivity contribution in [3.05, 3.63) is 34.4 Å². The molecule has 1 atom stereocenters. The van der Waals surface area contributed by atoms with E-state index in [2.05, 4.69) is 47.7 Å². The zero-order valence-electron chi connectivity index (χ0n) is 16.6. The molecular formula is C21H35N3O. The van der Waals surface area contributed by atoms with Crippen LogP contribution in [0.3, 0.4) is 0 Å². The molecule has 0 amide bonds. The highest BCUT2D eigenvalue weighted by atomic mass is 16.5. The van der Waals surface area contributed by atoms with Crippen molar-refractivity contribution in [1.29, 1.82) is 0 Å². The van der Waals surface area contributed by atoms with Crippen molar-refractivity contribution in [1.82, 2.24) is 14.7 Å². The number of rotatable bonds is 6. The summed E-state index contributed by atoms with van der Waals surface area (Å²) in [6, 6.07) is 4.87. The maximum atomic E-state index is 5.34. The number of aryl methyl sites for hydroxylation is 2. The average Bonchev–Trinajstić information content (AvgIpc) is 3.01. The fraction of sp³-hybridized carbons (Fsp3) is 0.714. The molecule has 140 valence electrons. The number of methoxy groups -OCH3 is 1. The van der Waals surface area contributed by atoms with Gasteiger partial charge in [0, 0.05) is 52.9 Å². The molecule has 2 aliphatic heterocycles. The second-order valence-electron chi connectivity index (χ2n) is 8.13. The van der Waals surface area contributed by atoms with Gasteiger partial charge in [0.1, 0.15) is 0 Å². The van der Waals surface area contributed by atoms with Crippen LogP contribution >= 0.6 is 0 Å². The molecule has 0 aromatic heterocycles. The van der Waals surface area contributed by atoms with Gasteiger partial charge in [-0.1, -0.05) is 12.1 Å². The Morgan fingerprint density at radius 3 is 2.20 bits per heavy atom. The molecule has 3 rings (SSSR count).